The molecule has 0 aliphatic carbocycles. The van der Waals surface area contributed by atoms with Gasteiger partial charge in [-0.2, -0.15) is 0 Å². The number of pyridine rings is 1. The Kier molecular flexibility index (Phi) is 4.07. The summed E-state index contributed by atoms with van der Waals surface area (Å²) in [6, 6.07) is 9.02. The number of anilines is 1. The van der Waals surface area contributed by atoms with Crippen molar-refractivity contribution in [3.63, 3.8) is 0 Å². The van der Waals surface area contributed by atoms with Crippen molar-refractivity contribution in [1.29, 1.82) is 0 Å². The third kappa shape index (κ3) is 3.77. The number of benzene rings is 1. The first-order valence-corrected chi connectivity index (χ1v) is 5.86. The van der Waals surface area contributed by atoms with Crippen molar-refractivity contribution in [2.45, 2.75) is 13.3 Å². The lowest BCUT2D eigenvalue weighted by atomic mass is 10.3. The van der Waals surface area contributed by atoms with Crippen LogP contribution in [-0.4, -0.2) is 10.9 Å². The van der Waals surface area contributed by atoms with Crippen LogP contribution in [0.3, 0.4) is 0 Å². The second-order valence-electron chi connectivity index (χ2n) is 3.84. The molecule has 0 unspecified atom stereocenters. The zero-order valence-corrected chi connectivity index (χ0v) is 10.4. The fourth-order valence-electron chi connectivity index (χ4n) is 1.38. The summed E-state index contributed by atoms with van der Waals surface area (Å²) in [6.45, 7) is 1.77. The predicted octanol–water partition coefficient (Wildman–Crippen LogP) is 3.36. The van der Waals surface area contributed by atoms with Gasteiger partial charge in [-0.05, 0) is 36.4 Å². The van der Waals surface area contributed by atoms with Crippen LogP contribution in [-0.2, 0) is 4.79 Å². The Morgan fingerprint density at radius 1 is 1.21 bits per heavy atom. The van der Waals surface area contributed by atoms with Crippen LogP contribution in [0.1, 0.15) is 13.3 Å². The molecule has 5 heteroatoms. The normalized spacial score (nSPS) is 10.0. The highest BCUT2D eigenvalue weighted by Crippen LogP contribution is 2.21. The first-order valence-electron chi connectivity index (χ1n) is 5.86. The summed E-state index contributed by atoms with van der Waals surface area (Å²) in [5.74, 6) is 1.09. The highest BCUT2D eigenvalue weighted by Gasteiger charge is 2.02. The van der Waals surface area contributed by atoms with Gasteiger partial charge in [-0.25, -0.2) is 9.37 Å². The minimum Gasteiger partial charge on any atom is -0.456 e. The largest absolute Gasteiger partial charge is 0.456 e. The van der Waals surface area contributed by atoms with Crippen LogP contribution in [0.25, 0.3) is 0 Å². The number of nitrogens with one attached hydrogen (secondary N) is 1. The Morgan fingerprint density at radius 2 is 1.89 bits per heavy atom. The maximum Gasteiger partial charge on any atom is 0.225 e. The molecule has 1 heterocycles. The summed E-state index contributed by atoms with van der Waals surface area (Å²) in [5, 5.41) is 2.63. The van der Waals surface area contributed by atoms with Gasteiger partial charge >= 0.3 is 0 Å². The lowest BCUT2D eigenvalue weighted by Crippen LogP contribution is -2.10. The number of ether oxygens (including phenoxy) is 1. The van der Waals surface area contributed by atoms with Gasteiger partial charge in [0.05, 0.1) is 6.20 Å². The van der Waals surface area contributed by atoms with Crippen molar-refractivity contribution < 1.29 is 13.9 Å². The fourth-order valence-corrected chi connectivity index (χ4v) is 1.38. The predicted molar refractivity (Wildman–Crippen MR) is 69.6 cm³/mol. The number of rotatable bonds is 4. The van der Waals surface area contributed by atoms with Crippen LogP contribution in [0, 0.1) is 5.82 Å². The third-order valence-corrected chi connectivity index (χ3v) is 2.37. The van der Waals surface area contributed by atoms with Gasteiger partial charge in [0.1, 0.15) is 23.1 Å². The number of hydrogen-bond donors (Lipinski definition) is 1. The Bertz CT molecular complexity index is 553. The first kappa shape index (κ1) is 13.0. The molecule has 0 radical (unpaired) electrons. The van der Waals surface area contributed by atoms with E-state index in [-0.39, 0.29) is 11.7 Å². The van der Waals surface area contributed by atoms with E-state index in [0.717, 1.165) is 0 Å². The Morgan fingerprint density at radius 3 is 2.47 bits per heavy atom. The molecule has 0 fully saturated rings. The molecule has 1 aromatic carbocycles. The molecule has 1 N–H and O–H groups in total. The van der Waals surface area contributed by atoms with Gasteiger partial charge < -0.3 is 10.1 Å². The quantitative estimate of drug-likeness (QED) is 0.917. The van der Waals surface area contributed by atoms with Crippen LogP contribution in [0.2, 0.25) is 0 Å². The summed E-state index contributed by atoms with van der Waals surface area (Å²) < 4.78 is 18.2. The molecule has 0 bridgehead atoms. The van der Waals surface area contributed by atoms with Crippen molar-refractivity contribution >= 4 is 11.7 Å². The van der Waals surface area contributed by atoms with Gasteiger partial charge in [0.15, 0.2) is 0 Å². The molecular formula is C14H13FN2O2. The molecule has 2 aromatic rings. The number of hydrogen-bond acceptors (Lipinski definition) is 3. The summed E-state index contributed by atoms with van der Waals surface area (Å²) in [6.07, 6.45) is 1.89. The molecule has 19 heavy (non-hydrogen) atoms. The van der Waals surface area contributed by atoms with Crippen LogP contribution in [0.5, 0.6) is 11.5 Å². The smallest absolute Gasteiger partial charge is 0.225 e. The number of aromatic nitrogens is 1. The Balaban J connectivity index is 2.02. The van der Waals surface area contributed by atoms with Crippen LogP contribution in [0.15, 0.2) is 42.6 Å². The minimum atomic E-state index is -0.317. The summed E-state index contributed by atoms with van der Waals surface area (Å²) >= 11 is 0. The van der Waals surface area contributed by atoms with Gasteiger partial charge in [-0.1, -0.05) is 6.92 Å². The van der Waals surface area contributed by atoms with E-state index in [1.807, 2.05) is 0 Å². The molecule has 1 amide bonds. The van der Waals surface area contributed by atoms with Crippen LogP contribution in [0.4, 0.5) is 10.2 Å². The van der Waals surface area contributed by atoms with Crippen molar-refractivity contribution in [1.82, 2.24) is 4.98 Å². The molecule has 0 saturated carbocycles. The maximum atomic E-state index is 12.7. The van der Waals surface area contributed by atoms with E-state index in [9.17, 15) is 9.18 Å². The average Bonchev–Trinajstić information content (AvgIpc) is 2.43. The van der Waals surface area contributed by atoms with Crippen molar-refractivity contribution in [2.24, 2.45) is 0 Å². The number of carbonyl (C=O) groups is 1. The molecule has 4 nitrogen and oxygen atoms in total. The standard InChI is InChI=1S/C14H13FN2O2/c1-2-14(18)17-13-8-7-12(9-16-13)19-11-5-3-10(15)4-6-11/h3-9H,2H2,1H3,(H,16,17,18). The van der Waals surface area contributed by atoms with Crippen molar-refractivity contribution in [3.05, 3.63) is 48.4 Å². The van der Waals surface area contributed by atoms with Crippen LogP contribution < -0.4 is 10.1 Å². The summed E-state index contributed by atoms with van der Waals surface area (Å²) in [5.41, 5.74) is 0. The number of halogens is 1. The number of nitrogens with zero attached hydrogens (tertiary/aromatic N) is 1. The Labute approximate surface area is 110 Å². The Hall–Kier alpha value is -2.43. The summed E-state index contributed by atoms with van der Waals surface area (Å²) in [4.78, 5) is 15.2. The number of amides is 1. The van der Waals surface area contributed by atoms with E-state index in [0.29, 0.717) is 23.7 Å². The molecule has 0 saturated heterocycles. The lowest BCUT2D eigenvalue weighted by Gasteiger charge is -2.06. The maximum absolute atomic E-state index is 12.7. The third-order valence-electron chi connectivity index (χ3n) is 2.37. The van der Waals surface area contributed by atoms with E-state index in [1.54, 1.807) is 19.1 Å². The van der Waals surface area contributed by atoms with Gasteiger partial charge in [0.2, 0.25) is 5.91 Å². The lowest BCUT2D eigenvalue weighted by molar-refractivity contribution is -0.115. The zero-order valence-electron chi connectivity index (χ0n) is 10.4. The zero-order chi connectivity index (χ0) is 13.7. The van der Waals surface area contributed by atoms with E-state index >= 15 is 0 Å². The summed E-state index contributed by atoms with van der Waals surface area (Å²) in [7, 11) is 0. The fraction of sp³-hybridized carbons (Fsp3) is 0.143. The molecule has 0 atom stereocenters. The molecule has 0 spiro atoms. The molecule has 0 aliphatic heterocycles. The molecule has 2 rings (SSSR count). The second kappa shape index (κ2) is 5.95. The van der Waals surface area contributed by atoms with Gasteiger partial charge in [0, 0.05) is 6.42 Å². The van der Waals surface area contributed by atoms with E-state index in [4.69, 9.17) is 4.74 Å². The molecule has 98 valence electrons. The molecule has 1 aromatic heterocycles. The highest BCUT2D eigenvalue weighted by molar-refractivity contribution is 5.89. The van der Waals surface area contributed by atoms with Crippen molar-refractivity contribution in [3.8, 4) is 11.5 Å². The highest BCUT2D eigenvalue weighted by atomic mass is 19.1. The van der Waals surface area contributed by atoms with Gasteiger partial charge in [-0.3, -0.25) is 4.79 Å². The average molecular weight is 260 g/mol. The monoisotopic (exact) mass is 260 g/mol. The van der Waals surface area contributed by atoms with Gasteiger partial charge in [0.25, 0.3) is 0 Å². The number of carbonyl (C=O) groups excluding carboxylic acids is 1. The van der Waals surface area contributed by atoms with Crippen LogP contribution >= 0.6 is 0 Å². The van der Waals surface area contributed by atoms with E-state index in [2.05, 4.69) is 10.3 Å². The van der Waals surface area contributed by atoms with E-state index < -0.39 is 0 Å². The first-order chi connectivity index (χ1) is 9.17. The molecule has 0 aliphatic rings. The second-order valence-corrected chi connectivity index (χ2v) is 3.84. The molecular weight excluding hydrogens is 247 g/mol. The minimum absolute atomic E-state index is 0.0975. The SMILES string of the molecule is CCC(=O)Nc1ccc(Oc2ccc(F)cc2)cn1. The van der Waals surface area contributed by atoms with Crippen molar-refractivity contribution in [2.75, 3.05) is 5.32 Å². The topological polar surface area (TPSA) is 51.2 Å². The van der Waals surface area contributed by atoms with Gasteiger partial charge in [-0.15, -0.1) is 0 Å². The van der Waals surface area contributed by atoms with E-state index in [1.165, 1.54) is 30.5 Å².